The van der Waals surface area contributed by atoms with Crippen molar-refractivity contribution in [3.8, 4) is 11.5 Å². The molecular formula is C21H19NO5. The molecule has 0 fully saturated rings. The second-order valence-electron chi connectivity index (χ2n) is 6.48. The molecule has 2 aromatic carbocycles. The first-order valence-corrected chi connectivity index (χ1v) is 8.77. The van der Waals surface area contributed by atoms with Crippen LogP contribution in [0.15, 0.2) is 51.7 Å². The molecule has 1 aromatic heterocycles. The minimum absolute atomic E-state index is 0.0407. The number of fused-ring (bicyclic) bond motifs is 2. The van der Waals surface area contributed by atoms with E-state index in [0.29, 0.717) is 35.6 Å². The van der Waals surface area contributed by atoms with Crippen molar-refractivity contribution in [3.63, 3.8) is 0 Å². The molecule has 3 aromatic rings. The van der Waals surface area contributed by atoms with Gasteiger partial charge < -0.3 is 18.8 Å². The number of ether oxygens (including phenoxy) is 2. The molecule has 0 saturated heterocycles. The largest absolute Gasteiger partial charge is 0.454 e. The molecule has 1 amide bonds. The maximum Gasteiger partial charge on any atom is 0.290 e. The van der Waals surface area contributed by atoms with Gasteiger partial charge in [-0.1, -0.05) is 17.7 Å². The molecule has 2 heterocycles. The Morgan fingerprint density at radius 2 is 1.89 bits per heavy atom. The highest BCUT2D eigenvalue weighted by Gasteiger charge is 2.20. The van der Waals surface area contributed by atoms with E-state index in [2.05, 4.69) is 0 Å². The Labute approximate surface area is 155 Å². The Hall–Kier alpha value is -3.28. The molecule has 0 bridgehead atoms. The molecule has 0 atom stereocenters. The summed E-state index contributed by atoms with van der Waals surface area (Å²) in [6.07, 6.45) is 0. The topological polar surface area (TPSA) is 69.0 Å². The summed E-state index contributed by atoms with van der Waals surface area (Å²) in [5.41, 5.74) is 2.07. The summed E-state index contributed by atoms with van der Waals surface area (Å²) in [7, 11) is 0. The number of nitrogens with zero attached hydrogens (tertiary/aromatic N) is 1. The summed E-state index contributed by atoms with van der Waals surface area (Å²) >= 11 is 0. The smallest absolute Gasteiger partial charge is 0.290 e. The van der Waals surface area contributed by atoms with Crippen molar-refractivity contribution in [2.75, 3.05) is 13.3 Å². The lowest BCUT2D eigenvalue weighted by atomic mass is 10.1. The standard InChI is InChI=1S/C21H19NO5/c1-3-22(11-14-5-7-18-19(9-14)26-12-25-18)21(24)20-10-16(23)15-8-13(2)4-6-17(15)27-20/h4-10H,3,11-12H2,1-2H3. The highest BCUT2D eigenvalue weighted by atomic mass is 16.7. The van der Waals surface area contributed by atoms with Crippen molar-refractivity contribution in [2.45, 2.75) is 20.4 Å². The van der Waals surface area contributed by atoms with Crippen LogP contribution in [0.25, 0.3) is 11.0 Å². The highest BCUT2D eigenvalue weighted by molar-refractivity contribution is 5.93. The predicted molar refractivity (Wildman–Crippen MR) is 100 cm³/mol. The molecule has 6 heteroatoms. The van der Waals surface area contributed by atoms with Gasteiger partial charge in [-0.3, -0.25) is 9.59 Å². The average molecular weight is 365 g/mol. The summed E-state index contributed by atoms with van der Waals surface area (Å²) < 4.78 is 16.4. The lowest BCUT2D eigenvalue weighted by Gasteiger charge is -2.20. The van der Waals surface area contributed by atoms with Gasteiger partial charge in [-0.05, 0) is 43.7 Å². The Kier molecular flexibility index (Phi) is 4.32. The monoisotopic (exact) mass is 365 g/mol. The number of hydrogen-bond donors (Lipinski definition) is 0. The van der Waals surface area contributed by atoms with Crippen LogP contribution < -0.4 is 14.9 Å². The fraction of sp³-hybridized carbons (Fsp3) is 0.238. The Balaban J connectivity index is 1.63. The fourth-order valence-electron chi connectivity index (χ4n) is 3.12. The lowest BCUT2D eigenvalue weighted by Crippen LogP contribution is -2.30. The van der Waals surface area contributed by atoms with Gasteiger partial charge in [0.15, 0.2) is 22.7 Å². The average Bonchev–Trinajstić information content (AvgIpc) is 3.13. The Morgan fingerprint density at radius 1 is 1.07 bits per heavy atom. The molecule has 0 radical (unpaired) electrons. The lowest BCUT2D eigenvalue weighted by molar-refractivity contribution is 0.0721. The number of carbonyl (C=O) groups excluding carboxylic acids is 1. The van der Waals surface area contributed by atoms with Crippen LogP contribution in [0.4, 0.5) is 0 Å². The van der Waals surface area contributed by atoms with Gasteiger partial charge in [0.1, 0.15) is 5.58 Å². The number of hydrogen-bond acceptors (Lipinski definition) is 5. The van der Waals surface area contributed by atoms with Crippen molar-refractivity contribution in [1.29, 1.82) is 0 Å². The van der Waals surface area contributed by atoms with Crippen LogP contribution >= 0.6 is 0 Å². The third kappa shape index (κ3) is 3.26. The second-order valence-corrected chi connectivity index (χ2v) is 6.48. The minimum atomic E-state index is -0.324. The molecule has 0 unspecified atom stereocenters. The van der Waals surface area contributed by atoms with E-state index in [1.165, 1.54) is 6.07 Å². The minimum Gasteiger partial charge on any atom is -0.454 e. The third-order valence-electron chi connectivity index (χ3n) is 4.57. The zero-order valence-corrected chi connectivity index (χ0v) is 15.2. The second kappa shape index (κ2) is 6.79. The molecule has 0 N–H and O–H groups in total. The molecule has 138 valence electrons. The molecule has 0 spiro atoms. The molecule has 4 rings (SSSR count). The maximum atomic E-state index is 12.9. The zero-order chi connectivity index (χ0) is 19.0. The molecule has 0 aliphatic carbocycles. The molecular weight excluding hydrogens is 346 g/mol. The summed E-state index contributed by atoms with van der Waals surface area (Å²) in [5.74, 6) is 1.08. The van der Waals surface area contributed by atoms with E-state index in [1.54, 1.807) is 17.0 Å². The van der Waals surface area contributed by atoms with Crippen molar-refractivity contribution < 1.29 is 18.7 Å². The number of carbonyl (C=O) groups is 1. The van der Waals surface area contributed by atoms with Crippen molar-refractivity contribution in [3.05, 3.63) is 69.6 Å². The van der Waals surface area contributed by atoms with E-state index in [9.17, 15) is 9.59 Å². The number of amides is 1. The van der Waals surface area contributed by atoms with Crippen LogP contribution in [-0.2, 0) is 6.54 Å². The van der Waals surface area contributed by atoms with Gasteiger partial charge >= 0.3 is 0 Å². The van der Waals surface area contributed by atoms with Gasteiger partial charge in [-0.15, -0.1) is 0 Å². The summed E-state index contributed by atoms with van der Waals surface area (Å²) in [4.78, 5) is 26.9. The van der Waals surface area contributed by atoms with Crippen molar-refractivity contribution >= 4 is 16.9 Å². The Morgan fingerprint density at radius 3 is 2.70 bits per heavy atom. The van der Waals surface area contributed by atoms with E-state index in [1.807, 2.05) is 38.1 Å². The van der Waals surface area contributed by atoms with Gasteiger partial charge in [-0.2, -0.15) is 0 Å². The molecule has 1 aliphatic rings. The Bertz CT molecular complexity index is 1090. The summed E-state index contributed by atoms with van der Waals surface area (Å²) in [6.45, 7) is 4.84. The molecule has 1 aliphatic heterocycles. The van der Waals surface area contributed by atoms with Gasteiger partial charge in [0.05, 0.1) is 5.39 Å². The normalized spacial score (nSPS) is 12.4. The van der Waals surface area contributed by atoms with Crippen LogP contribution in [0.5, 0.6) is 11.5 Å². The van der Waals surface area contributed by atoms with Crippen molar-refractivity contribution in [2.24, 2.45) is 0 Å². The van der Waals surface area contributed by atoms with Crippen LogP contribution in [-0.4, -0.2) is 24.1 Å². The quantitative estimate of drug-likeness (QED) is 0.708. The number of benzene rings is 2. The van der Waals surface area contributed by atoms with Gasteiger partial charge in [0.25, 0.3) is 5.91 Å². The van der Waals surface area contributed by atoms with Crippen molar-refractivity contribution in [1.82, 2.24) is 4.90 Å². The van der Waals surface area contributed by atoms with Crippen LogP contribution in [0, 0.1) is 6.92 Å². The van der Waals surface area contributed by atoms with E-state index in [-0.39, 0.29) is 23.9 Å². The number of rotatable bonds is 4. The van der Waals surface area contributed by atoms with E-state index < -0.39 is 0 Å². The maximum absolute atomic E-state index is 12.9. The molecule has 6 nitrogen and oxygen atoms in total. The molecule has 0 saturated carbocycles. The first-order valence-electron chi connectivity index (χ1n) is 8.77. The van der Waals surface area contributed by atoms with E-state index in [4.69, 9.17) is 13.9 Å². The van der Waals surface area contributed by atoms with Crippen LogP contribution in [0.1, 0.15) is 28.6 Å². The first kappa shape index (κ1) is 17.1. The van der Waals surface area contributed by atoms with Gasteiger partial charge in [0.2, 0.25) is 6.79 Å². The van der Waals surface area contributed by atoms with E-state index in [0.717, 1.165) is 11.1 Å². The summed E-state index contributed by atoms with van der Waals surface area (Å²) in [5, 5.41) is 0.477. The van der Waals surface area contributed by atoms with Gasteiger partial charge in [-0.25, -0.2) is 0 Å². The highest BCUT2D eigenvalue weighted by Crippen LogP contribution is 2.32. The summed E-state index contributed by atoms with van der Waals surface area (Å²) in [6, 6.07) is 12.2. The van der Waals surface area contributed by atoms with Crippen LogP contribution in [0.2, 0.25) is 0 Å². The zero-order valence-electron chi connectivity index (χ0n) is 15.2. The predicted octanol–water partition coefficient (Wildman–Crippen LogP) is 3.49. The van der Waals surface area contributed by atoms with Gasteiger partial charge in [0, 0.05) is 19.2 Å². The number of aryl methyl sites for hydroxylation is 1. The third-order valence-corrected chi connectivity index (χ3v) is 4.57. The molecule has 27 heavy (non-hydrogen) atoms. The SMILES string of the molecule is CCN(Cc1ccc2c(c1)OCO2)C(=O)c1cc(=O)c2cc(C)ccc2o1. The first-order chi connectivity index (χ1) is 13.0. The van der Waals surface area contributed by atoms with E-state index >= 15 is 0 Å². The fourth-order valence-corrected chi connectivity index (χ4v) is 3.12. The van der Waals surface area contributed by atoms with Crippen LogP contribution in [0.3, 0.4) is 0 Å².